The summed E-state index contributed by atoms with van der Waals surface area (Å²) in [5, 5.41) is 11.3. The molecular weight excluding hydrogens is 479 g/mol. The number of hydrogen-bond donors (Lipinski definition) is 2. The molecule has 2 heterocycles. The number of rotatable bonds is 5. The number of hydrogen-bond acceptors (Lipinski definition) is 3. The maximum absolute atomic E-state index is 6.03. The Kier molecular flexibility index (Phi) is 9.01. The van der Waals surface area contributed by atoms with Gasteiger partial charge in [-0.25, -0.2) is 0 Å². The first-order chi connectivity index (χ1) is 12.2. The zero-order valence-electron chi connectivity index (χ0n) is 15.0. The van der Waals surface area contributed by atoms with E-state index in [4.69, 9.17) is 11.6 Å². The van der Waals surface area contributed by atoms with Gasteiger partial charge in [-0.05, 0) is 54.5 Å². The highest BCUT2D eigenvalue weighted by molar-refractivity contribution is 14.0. The van der Waals surface area contributed by atoms with E-state index in [1.165, 1.54) is 10.6 Å². The van der Waals surface area contributed by atoms with Crippen molar-refractivity contribution < 1.29 is 0 Å². The molecule has 1 saturated heterocycles. The Bertz CT molecular complexity index is 685. The summed E-state index contributed by atoms with van der Waals surface area (Å²) in [6.45, 7) is 3.03. The number of nitrogens with one attached hydrogen (secondary N) is 2. The third-order valence-electron chi connectivity index (χ3n) is 4.47. The van der Waals surface area contributed by atoms with Crippen LogP contribution in [0.3, 0.4) is 0 Å². The van der Waals surface area contributed by atoms with Crippen LogP contribution < -0.4 is 15.5 Å². The van der Waals surface area contributed by atoms with Crippen LogP contribution >= 0.6 is 46.9 Å². The molecule has 3 rings (SSSR count). The molecule has 1 aliphatic rings. The van der Waals surface area contributed by atoms with E-state index in [-0.39, 0.29) is 24.0 Å². The first kappa shape index (κ1) is 21.3. The van der Waals surface area contributed by atoms with Gasteiger partial charge in [0.1, 0.15) is 0 Å². The fourth-order valence-corrected chi connectivity index (χ4v) is 4.10. The van der Waals surface area contributed by atoms with Crippen molar-refractivity contribution in [2.45, 2.75) is 25.3 Å². The van der Waals surface area contributed by atoms with E-state index in [0.717, 1.165) is 49.9 Å². The average Bonchev–Trinajstić information content (AvgIpc) is 3.16. The Labute approximate surface area is 182 Å². The number of piperidine rings is 1. The fraction of sp³-hybridized carbons (Fsp3) is 0.421. The molecule has 0 bridgehead atoms. The summed E-state index contributed by atoms with van der Waals surface area (Å²) in [5.41, 5.74) is 1.24. The second-order valence-corrected chi connectivity index (χ2v) is 7.60. The standard InChI is InChI=1S/C19H25ClN4S.HI/c1-21-19(22-10-7-15-4-2-5-16(20)14-15)23-17-8-11-24(12-9-17)18-6-3-13-25-18;/h2-6,13-14,17H,7-12H2,1H3,(H2,21,22,23);1H. The van der Waals surface area contributed by atoms with Gasteiger partial charge in [-0.15, -0.1) is 35.3 Å². The van der Waals surface area contributed by atoms with Crippen molar-refractivity contribution in [2.24, 2.45) is 4.99 Å². The lowest BCUT2D eigenvalue weighted by Gasteiger charge is -2.33. The first-order valence-electron chi connectivity index (χ1n) is 8.74. The highest BCUT2D eigenvalue weighted by atomic mass is 127. The van der Waals surface area contributed by atoms with E-state index in [1.54, 1.807) is 0 Å². The molecular formula is C19H26ClIN4S. The van der Waals surface area contributed by atoms with Crippen molar-refractivity contribution in [2.75, 3.05) is 31.6 Å². The Balaban J connectivity index is 0.00000243. The topological polar surface area (TPSA) is 39.7 Å². The molecule has 0 radical (unpaired) electrons. The number of guanidine groups is 1. The van der Waals surface area contributed by atoms with Gasteiger partial charge in [0.15, 0.2) is 5.96 Å². The minimum Gasteiger partial charge on any atom is -0.363 e. The van der Waals surface area contributed by atoms with E-state index in [9.17, 15) is 0 Å². The maximum atomic E-state index is 6.03. The van der Waals surface area contributed by atoms with Crippen LogP contribution in [-0.2, 0) is 6.42 Å². The average molecular weight is 505 g/mol. The van der Waals surface area contributed by atoms with Crippen molar-refractivity contribution in [3.8, 4) is 0 Å². The summed E-state index contributed by atoms with van der Waals surface area (Å²) >= 11 is 7.85. The Morgan fingerprint density at radius 2 is 2.08 bits per heavy atom. The molecule has 4 nitrogen and oxygen atoms in total. The third kappa shape index (κ3) is 6.32. The summed E-state index contributed by atoms with van der Waals surface area (Å²) in [4.78, 5) is 6.83. The van der Waals surface area contributed by atoms with Crippen LogP contribution in [0, 0.1) is 0 Å². The second-order valence-electron chi connectivity index (χ2n) is 6.24. The molecule has 0 atom stereocenters. The molecule has 7 heteroatoms. The number of benzene rings is 1. The molecule has 1 aromatic heterocycles. The third-order valence-corrected chi connectivity index (χ3v) is 5.64. The summed E-state index contributed by atoms with van der Waals surface area (Å²) < 4.78 is 0. The van der Waals surface area contributed by atoms with Crippen LogP contribution in [-0.4, -0.2) is 38.7 Å². The Morgan fingerprint density at radius 1 is 1.27 bits per heavy atom. The van der Waals surface area contributed by atoms with Gasteiger partial charge in [-0.2, -0.15) is 0 Å². The molecule has 0 saturated carbocycles. The summed E-state index contributed by atoms with van der Waals surface area (Å²) in [5.74, 6) is 0.886. The predicted molar refractivity (Wildman–Crippen MR) is 125 cm³/mol. The number of aliphatic imine (C=N–C) groups is 1. The summed E-state index contributed by atoms with van der Waals surface area (Å²) in [7, 11) is 1.83. The van der Waals surface area contributed by atoms with Gasteiger partial charge in [0, 0.05) is 37.7 Å². The Hall–Kier alpha value is -0.990. The van der Waals surface area contributed by atoms with Gasteiger partial charge in [0.2, 0.25) is 0 Å². The van der Waals surface area contributed by atoms with E-state index >= 15 is 0 Å². The van der Waals surface area contributed by atoms with Gasteiger partial charge in [-0.1, -0.05) is 23.7 Å². The van der Waals surface area contributed by atoms with Crippen molar-refractivity contribution in [3.63, 3.8) is 0 Å². The van der Waals surface area contributed by atoms with Crippen molar-refractivity contribution >= 4 is 57.9 Å². The largest absolute Gasteiger partial charge is 0.363 e. The zero-order chi connectivity index (χ0) is 17.5. The van der Waals surface area contributed by atoms with Crippen molar-refractivity contribution in [3.05, 3.63) is 52.4 Å². The summed E-state index contributed by atoms with van der Waals surface area (Å²) in [6.07, 6.45) is 3.19. The fourth-order valence-electron chi connectivity index (χ4n) is 3.10. The van der Waals surface area contributed by atoms with Crippen LogP contribution in [0.1, 0.15) is 18.4 Å². The number of anilines is 1. The molecule has 1 aliphatic heterocycles. The highest BCUT2D eigenvalue weighted by Crippen LogP contribution is 2.24. The van der Waals surface area contributed by atoms with Crippen LogP contribution in [0.4, 0.5) is 5.00 Å². The molecule has 2 N–H and O–H groups in total. The van der Waals surface area contributed by atoms with Gasteiger partial charge in [0.05, 0.1) is 5.00 Å². The highest BCUT2D eigenvalue weighted by Gasteiger charge is 2.20. The molecule has 0 unspecified atom stereocenters. The monoisotopic (exact) mass is 504 g/mol. The van der Waals surface area contributed by atoms with Gasteiger partial charge < -0.3 is 15.5 Å². The first-order valence-corrected chi connectivity index (χ1v) is 10.0. The maximum Gasteiger partial charge on any atom is 0.191 e. The van der Waals surface area contributed by atoms with E-state index < -0.39 is 0 Å². The minimum absolute atomic E-state index is 0. The lowest BCUT2D eigenvalue weighted by Crippen LogP contribution is -2.49. The minimum atomic E-state index is 0. The number of thiophene rings is 1. The van der Waals surface area contributed by atoms with E-state index in [1.807, 2.05) is 36.6 Å². The number of halogens is 2. The molecule has 0 spiro atoms. The second kappa shape index (κ2) is 11.0. The van der Waals surface area contributed by atoms with Crippen molar-refractivity contribution in [1.82, 2.24) is 10.6 Å². The van der Waals surface area contributed by atoms with Gasteiger partial charge in [-0.3, -0.25) is 4.99 Å². The van der Waals surface area contributed by atoms with Crippen LogP contribution in [0.2, 0.25) is 5.02 Å². The van der Waals surface area contributed by atoms with Crippen LogP contribution in [0.15, 0.2) is 46.8 Å². The van der Waals surface area contributed by atoms with E-state index in [2.05, 4.69) is 44.1 Å². The lowest BCUT2D eigenvalue weighted by molar-refractivity contribution is 0.463. The molecule has 2 aromatic rings. The zero-order valence-corrected chi connectivity index (χ0v) is 18.9. The quantitative estimate of drug-likeness (QED) is 0.360. The predicted octanol–water partition coefficient (Wildman–Crippen LogP) is 4.40. The van der Waals surface area contributed by atoms with Gasteiger partial charge >= 0.3 is 0 Å². The summed E-state index contributed by atoms with van der Waals surface area (Å²) in [6, 6.07) is 12.8. The number of nitrogens with zero attached hydrogens (tertiary/aromatic N) is 2. The lowest BCUT2D eigenvalue weighted by atomic mass is 10.1. The van der Waals surface area contributed by atoms with Crippen molar-refractivity contribution in [1.29, 1.82) is 0 Å². The van der Waals surface area contributed by atoms with Crippen LogP contribution in [0.25, 0.3) is 0 Å². The smallest absolute Gasteiger partial charge is 0.191 e. The molecule has 26 heavy (non-hydrogen) atoms. The van der Waals surface area contributed by atoms with Crippen LogP contribution in [0.5, 0.6) is 0 Å². The normalized spacial score (nSPS) is 15.5. The molecule has 142 valence electrons. The molecule has 1 fully saturated rings. The molecule has 0 aliphatic carbocycles. The Morgan fingerprint density at radius 3 is 2.73 bits per heavy atom. The molecule has 1 aromatic carbocycles. The SMILES string of the molecule is CN=C(NCCc1cccc(Cl)c1)NC1CCN(c2cccs2)CC1.I. The van der Waals surface area contributed by atoms with E-state index in [0.29, 0.717) is 6.04 Å². The molecule has 0 amide bonds. The van der Waals surface area contributed by atoms with Gasteiger partial charge in [0.25, 0.3) is 0 Å².